The molecule has 20 heavy (non-hydrogen) atoms. The smallest absolute Gasteiger partial charge is 0.238 e. The molecule has 0 radical (unpaired) electrons. The molecule has 106 valence electrons. The lowest BCUT2D eigenvalue weighted by Gasteiger charge is -2.26. The van der Waals surface area contributed by atoms with Gasteiger partial charge >= 0.3 is 0 Å². The van der Waals surface area contributed by atoms with Crippen molar-refractivity contribution in [1.29, 1.82) is 5.26 Å². The van der Waals surface area contributed by atoms with E-state index >= 15 is 0 Å². The molecular formula is C15H19N3O2. The molecule has 0 aromatic heterocycles. The van der Waals surface area contributed by atoms with Crippen LogP contribution in [0.25, 0.3) is 0 Å². The number of carbonyl (C=O) groups is 1. The summed E-state index contributed by atoms with van der Waals surface area (Å²) in [7, 11) is 0. The highest BCUT2D eigenvalue weighted by Gasteiger charge is 2.09. The van der Waals surface area contributed by atoms with Gasteiger partial charge in [0.1, 0.15) is 6.42 Å². The Labute approximate surface area is 119 Å². The van der Waals surface area contributed by atoms with Crippen LogP contribution in [0.2, 0.25) is 0 Å². The minimum atomic E-state index is -0.270. The Kier molecular flexibility index (Phi) is 5.54. The van der Waals surface area contributed by atoms with Crippen LogP contribution in [0.5, 0.6) is 0 Å². The van der Waals surface area contributed by atoms with Gasteiger partial charge in [-0.15, -0.1) is 0 Å². The quantitative estimate of drug-likeness (QED) is 0.881. The maximum absolute atomic E-state index is 11.3. The number of carbonyl (C=O) groups excluding carboxylic acids is 1. The highest BCUT2D eigenvalue weighted by molar-refractivity contribution is 5.91. The van der Waals surface area contributed by atoms with Gasteiger partial charge in [0.15, 0.2) is 0 Å². The van der Waals surface area contributed by atoms with Crippen LogP contribution in [0.4, 0.5) is 5.69 Å². The first-order valence-corrected chi connectivity index (χ1v) is 6.84. The first kappa shape index (κ1) is 14.5. The first-order valence-electron chi connectivity index (χ1n) is 6.84. The molecule has 1 heterocycles. The fourth-order valence-electron chi connectivity index (χ4n) is 2.14. The predicted octanol–water partition coefficient (Wildman–Crippen LogP) is 1.41. The van der Waals surface area contributed by atoms with Crippen LogP contribution < -0.4 is 5.32 Å². The van der Waals surface area contributed by atoms with Crippen molar-refractivity contribution in [2.45, 2.75) is 12.8 Å². The second-order valence-corrected chi connectivity index (χ2v) is 4.78. The van der Waals surface area contributed by atoms with Gasteiger partial charge in [-0.2, -0.15) is 5.26 Å². The van der Waals surface area contributed by atoms with E-state index in [0.29, 0.717) is 0 Å². The van der Waals surface area contributed by atoms with Crippen molar-refractivity contribution < 1.29 is 9.53 Å². The average Bonchev–Trinajstić information content (AvgIpc) is 2.48. The first-order chi connectivity index (χ1) is 9.78. The van der Waals surface area contributed by atoms with Crippen LogP contribution in [0.3, 0.4) is 0 Å². The van der Waals surface area contributed by atoms with Crippen molar-refractivity contribution in [2.24, 2.45) is 0 Å². The number of rotatable bonds is 5. The minimum absolute atomic E-state index is 0.112. The van der Waals surface area contributed by atoms with E-state index in [0.717, 1.165) is 45.0 Å². The van der Waals surface area contributed by atoms with Gasteiger partial charge in [-0.3, -0.25) is 9.69 Å². The number of hydrogen-bond acceptors (Lipinski definition) is 4. The van der Waals surface area contributed by atoms with Crippen molar-refractivity contribution in [1.82, 2.24) is 4.90 Å². The molecule has 1 aromatic rings. The number of anilines is 1. The monoisotopic (exact) mass is 273 g/mol. The molecule has 0 unspecified atom stereocenters. The molecule has 0 aliphatic carbocycles. The third kappa shape index (κ3) is 4.65. The zero-order valence-corrected chi connectivity index (χ0v) is 11.5. The van der Waals surface area contributed by atoms with E-state index in [-0.39, 0.29) is 12.3 Å². The summed E-state index contributed by atoms with van der Waals surface area (Å²) >= 11 is 0. The topological polar surface area (TPSA) is 65.4 Å². The van der Waals surface area contributed by atoms with Crippen molar-refractivity contribution >= 4 is 11.6 Å². The highest BCUT2D eigenvalue weighted by atomic mass is 16.5. The molecule has 1 fully saturated rings. The number of amides is 1. The summed E-state index contributed by atoms with van der Waals surface area (Å²) in [4.78, 5) is 13.7. The fraction of sp³-hybridized carbons (Fsp3) is 0.467. The predicted molar refractivity (Wildman–Crippen MR) is 76.3 cm³/mol. The third-order valence-electron chi connectivity index (χ3n) is 3.30. The Bertz CT molecular complexity index is 473. The largest absolute Gasteiger partial charge is 0.379 e. The van der Waals surface area contributed by atoms with Gasteiger partial charge in [-0.1, -0.05) is 12.1 Å². The van der Waals surface area contributed by atoms with Gasteiger partial charge in [0.25, 0.3) is 0 Å². The number of hydrogen-bond donors (Lipinski definition) is 1. The van der Waals surface area contributed by atoms with Crippen molar-refractivity contribution in [3.05, 3.63) is 29.8 Å². The molecule has 5 nitrogen and oxygen atoms in total. The lowest BCUT2D eigenvalue weighted by Crippen LogP contribution is -2.37. The molecule has 1 N–H and O–H groups in total. The Balaban J connectivity index is 1.79. The van der Waals surface area contributed by atoms with Crippen molar-refractivity contribution in [3.63, 3.8) is 0 Å². The standard InChI is InChI=1S/C15H19N3O2/c16-7-5-15(19)17-14-3-1-13(2-4-14)6-8-18-9-11-20-12-10-18/h1-4H,5-6,8-12H2,(H,17,19). The number of nitrogens with one attached hydrogen (secondary N) is 1. The maximum Gasteiger partial charge on any atom is 0.238 e. The summed E-state index contributed by atoms with van der Waals surface area (Å²) in [6.45, 7) is 4.68. The van der Waals surface area contributed by atoms with Gasteiger partial charge in [0.2, 0.25) is 5.91 Å². The van der Waals surface area contributed by atoms with Crippen LogP contribution in [0, 0.1) is 11.3 Å². The van der Waals surface area contributed by atoms with Gasteiger partial charge in [0.05, 0.1) is 19.3 Å². The third-order valence-corrected chi connectivity index (χ3v) is 3.30. The van der Waals surface area contributed by atoms with Crippen LogP contribution in [-0.4, -0.2) is 43.7 Å². The Hall–Kier alpha value is -1.90. The SMILES string of the molecule is N#CCC(=O)Nc1ccc(CCN2CCOCC2)cc1. The second-order valence-electron chi connectivity index (χ2n) is 4.78. The van der Waals surface area contributed by atoms with E-state index in [1.165, 1.54) is 5.56 Å². The number of nitriles is 1. The fourth-order valence-corrected chi connectivity index (χ4v) is 2.14. The Morgan fingerprint density at radius 1 is 1.30 bits per heavy atom. The molecule has 0 saturated carbocycles. The lowest BCUT2D eigenvalue weighted by atomic mass is 10.1. The minimum Gasteiger partial charge on any atom is -0.379 e. The molecule has 0 spiro atoms. The summed E-state index contributed by atoms with van der Waals surface area (Å²) in [6, 6.07) is 9.62. The van der Waals surface area contributed by atoms with Gasteiger partial charge in [-0.25, -0.2) is 0 Å². The zero-order chi connectivity index (χ0) is 14.2. The molecule has 0 atom stereocenters. The van der Waals surface area contributed by atoms with Crippen LogP contribution in [-0.2, 0) is 16.0 Å². The molecular weight excluding hydrogens is 254 g/mol. The summed E-state index contributed by atoms with van der Waals surface area (Å²) in [5.74, 6) is -0.270. The van der Waals surface area contributed by atoms with E-state index in [2.05, 4.69) is 10.2 Å². The van der Waals surface area contributed by atoms with Crippen LogP contribution in [0.1, 0.15) is 12.0 Å². The average molecular weight is 273 g/mol. The number of benzene rings is 1. The van der Waals surface area contributed by atoms with Gasteiger partial charge in [0, 0.05) is 25.3 Å². The maximum atomic E-state index is 11.3. The van der Waals surface area contributed by atoms with Crippen molar-refractivity contribution in [2.75, 3.05) is 38.2 Å². The molecule has 2 rings (SSSR count). The van der Waals surface area contributed by atoms with E-state index in [9.17, 15) is 4.79 Å². The summed E-state index contributed by atoms with van der Waals surface area (Å²) in [5.41, 5.74) is 1.98. The van der Waals surface area contributed by atoms with Gasteiger partial charge in [-0.05, 0) is 24.1 Å². The molecule has 1 saturated heterocycles. The van der Waals surface area contributed by atoms with E-state index in [1.54, 1.807) is 0 Å². The van der Waals surface area contributed by atoms with E-state index in [4.69, 9.17) is 10.00 Å². The highest BCUT2D eigenvalue weighted by Crippen LogP contribution is 2.11. The molecule has 1 amide bonds. The molecule has 5 heteroatoms. The van der Waals surface area contributed by atoms with Crippen molar-refractivity contribution in [3.8, 4) is 6.07 Å². The van der Waals surface area contributed by atoms with E-state index < -0.39 is 0 Å². The normalized spacial score (nSPS) is 15.6. The van der Waals surface area contributed by atoms with Gasteiger partial charge < -0.3 is 10.1 Å². The van der Waals surface area contributed by atoms with Crippen LogP contribution in [0.15, 0.2) is 24.3 Å². The molecule has 1 aliphatic heterocycles. The number of morpholine rings is 1. The second kappa shape index (κ2) is 7.63. The Morgan fingerprint density at radius 2 is 2.00 bits per heavy atom. The molecule has 1 aliphatic rings. The summed E-state index contributed by atoms with van der Waals surface area (Å²) in [5, 5.41) is 11.1. The van der Waals surface area contributed by atoms with E-state index in [1.807, 2.05) is 30.3 Å². The number of nitrogens with zero attached hydrogens (tertiary/aromatic N) is 2. The lowest BCUT2D eigenvalue weighted by molar-refractivity contribution is -0.115. The van der Waals surface area contributed by atoms with Crippen LogP contribution >= 0.6 is 0 Å². The summed E-state index contributed by atoms with van der Waals surface area (Å²) < 4.78 is 5.32. The molecule has 1 aromatic carbocycles. The number of ether oxygens (including phenoxy) is 1. The molecule has 0 bridgehead atoms. The summed E-state index contributed by atoms with van der Waals surface area (Å²) in [6.07, 6.45) is 0.880. The zero-order valence-electron chi connectivity index (χ0n) is 11.5. The Morgan fingerprint density at radius 3 is 2.65 bits per heavy atom.